The number of aryl methyl sites for hydroxylation is 2. The van der Waals surface area contributed by atoms with Crippen molar-refractivity contribution >= 4 is 51.4 Å². The van der Waals surface area contributed by atoms with Gasteiger partial charge in [0.15, 0.2) is 0 Å². The third-order valence-electron chi connectivity index (χ3n) is 9.21. The van der Waals surface area contributed by atoms with Crippen LogP contribution < -0.4 is 0 Å². The molecule has 0 bridgehead atoms. The quantitative estimate of drug-likeness (QED) is 0.0636. The fourth-order valence-corrected chi connectivity index (χ4v) is 7.62. The first-order valence-corrected chi connectivity index (χ1v) is 18.6. The molecule has 1 aliphatic heterocycles. The molecule has 1 aromatic heterocycles. The lowest BCUT2D eigenvalue weighted by Gasteiger charge is -2.22. The molecule has 5 aromatic rings. The molecular weight excluding hydrogens is 771 g/mol. The third-order valence-corrected chi connectivity index (χ3v) is 10.4. The maximum atomic E-state index is 13.3. The van der Waals surface area contributed by atoms with Crippen molar-refractivity contribution in [1.82, 2.24) is 9.47 Å². The number of fused-ring (bicyclic) bond motifs is 1. The van der Waals surface area contributed by atoms with Crippen LogP contribution in [0.3, 0.4) is 0 Å². The Balaban J connectivity index is 1.25. The van der Waals surface area contributed by atoms with E-state index in [1.807, 2.05) is 75.4 Å². The van der Waals surface area contributed by atoms with Gasteiger partial charge in [0.1, 0.15) is 25.0 Å². The van der Waals surface area contributed by atoms with Gasteiger partial charge >= 0.3 is 17.9 Å². The maximum Gasteiger partial charge on any atom is 0.338 e. The highest BCUT2D eigenvalue weighted by molar-refractivity contribution is 14.1. The molecule has 1 saturated heterocycles. The van der Waals surface area contributed by atoms with Crippen LogP contribution in [-0.2, 0) is 36.7 Å². The van der Waals surface area contributed by atoms with Crippen LogP contribution in [0.15, 0.2) is 103 Å². The van der Waals surface area contributed by atoms with Gasteiger partial charge in [0, 0.05) is 24.9 Å². The predicted molar refractivity (Wildman–Crippen MR) is 207 cm³/mol. The maximum absolute atomic E-state index is 13.3. The summed E-state index contributed by atoms with van der Waals surface area (Å²) in [7, 11) is 0. The second-order valence-electron chi connectivity index (χ2n) is 13.0. The highest BCUT2D eigenvalue weighted by atomic mass is 127. The van der Waals surface area contributed by atoms with Crippen LogP contribution in [-0.4, -0.2) is 65.9 Å². The molecule has 4 aromatic carbocycles. The monoisotopic (exact) mass is 814 g/mol. The van der Waals surface area contributed by atoms with E-state index in [1.165, 1.54) is 0 Å². The Morgan fingerprint density at radius 1 is 0.827 bits per heavy atom. The Labute approximate surface area is 317 Å². The lowest BCUT2D eigenvalue weighted by atomic mass is 10.1. The summed E-state index contributed by atoms with van der Waals surface area (Å²) in [6.07, 6.45) is -0.823. The minimum absolute atomic E-state index is 0.0833. The molecule has 0 spiro atoms. The molecular formula is C42H43IN2O7. The average molecular weight is 815 g/mol. The number of carbonyl (C=O) groups excluding carboxylic acids is 3. The van der Waals surface area contributed by atoms with Gasteiger partial charge in [-0.05, 0) is 91.2 Å². The van der Waals surface area contributed by atoms with Gasteiger partial charge in [-0.1, -0.05) is 83.9 Å². The van der Waals surface area contributed by atoms with Gasteiger partial charge in [0.2, 0.25) is 0 Å². The standard InChI is InChI=1S/C42H43IN2O7/c1-4-49-39(46)26-44(25-30-10-6-5-7-11-30)23-22-34-33-12-8-9-13-35(33)45(40(34)43)38-24-36(52-42(48)32-20-16-29(3)17-21-32)37(51-38)27-50-41(47)31-18-14-28(2)15-19-31/h5-21,36-38H,4,22-27H2,1-3H3/t36-,37+,38+/m0/s1. The van der Waals surface area contributed by atoms with E-state index in [9.17, 15) is 14.4 Å². The van der Waals surface area contributed by atoms with Gasteiger partial charge in [-0.2, -0.15) is 0 Å². The number of aromatic nitrogens is 1. The molecule has 0 aliphatic carbocycles. The van der Waals surface area contributed by atoms with E-state index in [0.29, 0.717) is 43.7 Å². The summed E-state index contributed by atoms with van der Waals surface area (Å²) in [4.78, 5) is 41.0. The Morgan fingerprint density at radius 3 is 2.13 bits per heavy atom. The predicted octanol–water partition coefficient (Wildman–Crippen LogP) is 7.84. The van der Waals surface area contributed by atoms with Gasteiger partial charge in [-0.3, -0.25) is 9.69 Å². The molecule has 0 amide bonds. The number of esters is 3. The average Bonchev–Trinajstić information content (AvgIpc) is 3.66. The second-order valence-corrected chi connectivity index (χ2v) is 14.1. The minimum Gasteiger partial charge on any atom is -0.465 e. The highest BCUT2D eigenvalue weighted by Crippen LogP contribution is 2.39. The SMILES string of the molecule is CCOC(=O)CN(CCc1c(I)n([C@H]2C[C@H](OC(=O)c3ccc(C)cc3)[C@@H](COC(=O)c3ccc(C)cc3)O2)c2ccccc12)Cc1ccccc1. The fraction of sp³-hybridized carbons (Fsp3) is 0.310. The van der Waals surface area contributed by atoms with Crippen LogP contribution in [0.5, 0.6) is 0 Å². The zero-order chi connectivity index (χ0) is 36.6. The topological polar surface area (TPSA) is 96.3 Å². The van der Waals surface area contributed by atoms with E-state index in [-0.39, 0.29) is 19.1 Å². The van der Waals surface area contributed by atoms with Gasteiger partial charge in [0.05, 0.1) is 33.5 Å². The van der Waals surface area contributed by atoms with Crippen LogP contribution >= 0.6 is 22.6 Å². The van der Waals surface area contributed by atoms with Crippen LogP contribution in [0.2, 0.25) is 0 Å². The molecule has 1 fully saturated rings. The van der Waals surface area contributed by atoms with Crippen molar-refractivity contribution in [3.8, 4) is 0 Å². The van der Waals surface area contributed by atoms with E-state index in [1.54, 1.807) is 24.3 Å². The molecule has 0 radical (unpaired) electrons. The van der Waals surface area contributed by atoms with E-state index in [4.69, 9.17) is 18.9 Å². The summed E-state index contributed by atoms with van der Waals surface area (Å²) in [5.41, 5.74) is 6.18. The lowest BCUT2D eigenvalue weighted by Crippen LogP contribution is -2.32. The number of rotatable bonds is 14. The lowest BCUT2D eigenvalue weighted by molar-refractivity contribution is -0.144. The molecule has 1 aliphatic rings. The normalized spacial score (nSPS) is 17.0. The molecule has 2 heterocycles. The number of halogens is 1. The number of nitrogens with zero attached hydrogens (tertiary/aromatic N) is 2. The summed E-state index contributed by atoms with van der Waals surface area (Å²) in [6.45, 7) is 7.39. The van der Waals surface area contributed by atoms with E-state index < -0.39 is 30.4 Å². The van der Waals surface area contributed by atoms with Crippen molar-refractivity contribution in [2.45, 2.75) is 58.6 Å². The Kier molecular flexibility index (Phi) is 12.4. The summed E-state index contributed by atoms with van der Waals surface area (Å²) in [5.74, 6) is -1.19. The molecule has 0 N–H and O–H groups in total. The molecule has 10 heteroatoms. The van der Waals surface area contributed by atoms with Crippen molar-refractivity contribution < 1.29 is 33.3 Å². The number of para-hydroxylation sites is 1. The molecule has 52 heavy (non-hydrogen) atoms. The smallest absolute Gasteiger partial charge is 0.338 e. The summed E-state index contributed by atoms with van der Waals surface area (Å²) in [5, 5.41) is 1.08. The Bertz CT molecular complexity index is 1990. The molecule has 9 nitrogen and oxygen atoms in total. The minimum atomic E-state index is -0.694. The van der Waals surface area contributed by atoms with Gasteiger partial charge in [-0.15, -0.1) is 0 Å². The second kappa shape index (κ2) is 17.3. The van der Waals surface area contributed by atoms with Crippen LogP contribution in [0.1, 0.15) is 62.5 Å². The first-order valence-electron chi connectivity index (χ1n) is 17.6. The zero-order valence-electron chi connectivity index (χ0n) is 29.6. The molecule has 6 rings (SSSR count). The first-order chi connectivity index (χ1) is 25.2. The Hall–Kier alpha value is -4.52. The summed E-state index contributed by atoms with van der Waals surface area (Å²) in [6, 6.07) is 32.7. The first kappa shape index (κ1) is 37.2. The third kappa shape index (κ3) is 9.09. The van der Waals surface area contributed by atoms with Crippen LogP contribution in [0.25, 0.3) is 10.9 Å². The van der Waals surface area contributed by atoms with Gasteiger partial charge in [-0.25, -0.2) is 9.59 Å². The zero-order valence-corrected chi connectivity index (χ0v) is 31.8. The van der Waals surface area contributed by atoms with Crippen LogP contribution in [0, 0.1) is 17.5 Å². The number of ether oxygens (including phenoxy) is 4. The number of benzene rings is 4. The van der Waals surface area contributed by atoms with E-state index in [0.717, 1.165) is 36.9 Å². The highest BCUT2D eigenvalue weighted by Gasteiger charge is 2.41. The summed E-state index contributed by atoms with van der Waals surface area (Å²) >= 11 is 2.37. The van der Waals surface area contributed by atoms with Gasteiger partial charge < -0.3 is 23.5 Å². The number of hydrogen-bond acceptors (Lipinski definition) is 8. The molecule has 0 saturated carbocycles. The molecule has 3 atom stereocenters. The van der Waals surface area contributed by atoms with Crippen molar-refractivity contribution in [3.05, 3.63) is 140 Å². The largest absolute Gasteiger partial charge is 0.465 e. The molecule has 0 unspecified atom stereocenters. The number of carbonyl (C=O) groups is 3. The van der Waals surface area contributed by atoms with Crippen molar-refractivity contribution in [2.75, 3.05) is 26.3 Å². The van der Waals surface area contributed by atoms with E-state index in [2.05, 4.69) is 56.3 Å². The number of hydrogen-bond donors (Lipinski definition) is 0. The fourth-order valence-electron chi connectivity index (χ4n) is 6.49. The summed E-state index contributed by atoms with van der Waals surface area (Å²) < 4.78 is 26.9. The molecule has 270 valence electrons. The van der Waals surface area contributed by atoms with Crippen molar-refractivity contribution in [3.63, 3.8) is 0 Å². The van der Waals surface area contributed by atoms with Crippen LogP contribution in [0.4, 0.5) is 0 Å². The van der Waals surface area contributed by atoms with Crippen molar-refractivity contribution in [2.24, 2.45) is 0 Å². The Morgan fingerprint density at radius 2 is 1.46 bits per heavy atom. The van der Waals surface area contributed by atoms with E-state index >= 15 is 0 Å². The van der Waals surface area contributed by atoms with Gasteiger partial charge in [0.25, 0.3) is 0 Å². The van der Waals surface area contributed by atoms with Crippen molar-refractivity contribution in [1.29, 1.82) is 0 Å².